The highest BCUT2D eigenvalue weighted by atomic mass is 35.5. The number of likely N-dealkylation sites (tertiary alicyclic amines) is 1. The third-order valence-electron chi connectivity index (χ3n) is 2.70. The van der Waals surface area contributed by atoms with E-state index in [4.69, 9.17) is 11.6 Å². The van der Waals surface area contributed by atoms with Crippen LogP contribution in [-0.4, -0.2) is 29.3 Å². The molecule has 1 heterocycles. The Balaban J connectivity index is 2.31. The van der Waals surface area contributed by atoms with E-state index in [9.17, 15) is 4.79 Å². The Morgan fingerprint density at radius 3 is 2.85 bits per heavy atom. The van der Waals surface area contributed by atoms with Crippen molar-refractivity contribution in [3.8, 4) is 0 Å². The molecule has 0 aromatic heterocycles. The van der Waals surface area contributed by atoms with Gasteiger partial charge < -0.3 is 4.90 Å². The van der Waals surface area contributed by atoms with Crippen LogP contribution in [0.25, 0.3) is 0 Å². The van der Waals surface area contributed by atoms with Gasteiger partial charge in [-0.25, -0.2) is 0 Å². The van der Waals surface area contributed by atoms with Gasteiger partial charge in [0.1, 0.15) is 0 Å². The standard InChI is InChI=1S/C10H18ClNO/c1-3-8(2)6-10(13)12-5-4-9(11)7-12/h8-9H,3-7H2,1-2H3. The van der Waals surface area contributed by atoms with Crippen LogP contribution >= 0.6 is 11.6 Å². The Labute approximate surface area is 85.2 Å². The number of halogens is 1. The molecule has 0 aromatic rings. The first-order valence-electron chi connectivity index (χ1n) is 5.05. The van der Waals surface area contributed by atoms with E-state index in [1.807, 2.05) is 4.90 Å². The largest absolute Gasteiger partial charge is 0.341 e. The van der Waals surface area contributed by atoms with Crippen molar-refractivity contribution in [1.29, 1.82) is 0 Å². The van der Waals surface area contributed by atoms with Crippen molar-refractivity contribution in [1.82, 2.24) is 4.90 Å². The van der Waals surface area contributed by atoms with E-state index >= 15 is 0 Å². The number of hydrogen-bond acceptors (Lipinski definition) is 1. The lowest BCUT2D eigenvalue weighted by Gasteiger charge is -2.17. The van der Waals surface area contributed by atoms with E-state index < -0.39 is 0 Å². The van der Waals surface area contributed by atoms with Gasteiger partial charge in [-0.2, -0.15) is 0 Å². The van der Waals surface area contributed by atoms with Crippen LogP contribution in [0.1, 0.15) is 33.1 Å². The molecule has 1 aliphatic heterocycles. The van der Waals surface area contributed by atoms with Crippen LogP contribution in [0.3, 0.4) is 0 Å². The number of alkyl halides is 1. The second-order valence-corrected chi connectivity index (χ2v) is 4.56. The van der Waals surface area contributed by atoms with E-state index in [2.05, 4.69) is 13.8 Å². The number of hydrogen-bond donors (Lipinski definition) is 0. The summed E-state index contributed by atoms with van der Waals surface area (Å²) in [6, 6.07) is 0. The molecule has 0 spiro atoms. The molecule has 3 heteroatoms. The number of carbonyl (C=O) groups is 1. The maximum atomic E-state index is 11.6. The molecule has 2 unspecified atom stereocenters. The molecule has 13 heavy (non-hydrogen) atoms. The fourth-order valence-corrected chi connectivity index (χ4v) is 1.78. The average molecular weight is 204 g/mol. The Morgan fingerprint density at radius 1 is 1.69 bits per heavy atom. The topological polar surface area (TPSA) is 20.3 Å². The smallest absolute Gasteiger partial charge is 0.222 e. The number of nitrogens with zero attached hydrogens (tertiary/aromatic N) is 1. The lowest BCUT2D eigenvalue weighted by molar-refractivity contribution is -0.131. The third kappa shape index (κ3) is 3.18. The monoisotopic (exact) mass is 203 g/mol. The minimum Gasteiger partial charge on any atom is -0.341 e. The number of amides is 1. The Hall–Kier alpha value is -0.240. The molecule has 0 bridgehead atoms. The van der Waals surface area contributed by atoms with Crippen LogP contribution in [0.15, 0.2) is 0 Å². The Bertz CT molecular complexity index is 184. The maximum Gasteiger partial charge on any atom is 0.222 e. The van der Waals surface area contributed by atoms with Gasteiger partial charge in [0.05, 0.1) is 5.38 Å². The van der Waals surface area contributed by atoms with Crippen LogP contribution < -0.4 is 0 Å². The fourth-order valence-electron chi connectivity index (χ4n) is 1.52. The maximum absolute atomic E-state index is 11.6. The summed E-state index contributed by atoms with van der Waals surface area (Å²) >= 11 is 5.93. The third-order valence-corrected chi connectivity index (χ3v) is 3.06. The highest BCUT2D eigenvalue weighted by Gasteiger charge is 2.24. The highest BCUT2D eigenvalue weighted by molar-refractivity contribution is 6.21. The molecule has 2 nitrogen and oxygen atoms in total. The Morgan fingerprint density at radius 2 is 2.38 bits per heavy atom. The zero-order valence-corrected chi connectivity index (χ0v) is 9.18. The van der Waals surface area contributed by atoms with Crippen LogP contribution in [-0.2, 0) is 4.79 Å². The molecule has 76 valence electrons. The van der Waals surface area contributed by atoms with E-state index in [0.717, 1.165) is 25.9 Å². The van der Waals surface area contributed by atoms with Crippen molar-refractivity contribution in [3.05, 3.63) is 0 Å². The fraction of sp³-hybridized carbons (Fsp3) is 0.900. The number of rotatable bonds is 3. The minimum absolute atomic E-state index is 0.181. The van der Waals surface area contributed by atoms with Gasteiger partial charge in [-0.15, -0.1) is 11.6 Å². The van der Waals surface area contributed by atoms with Gasteiger partial charge in [0.15, 0.2) is 0 Å². The van der Waals surface area contributed by atoms with Gasteiger partial charge in [0.25, 0.3) is 0 Å². The summed E-state index contributed by atoms with van der Waals surface area (Å²) in [4.78, 5) is 13.5. The van der Waals surface area contributed by atoms with Crippen LogP contribution in [0.4, 0.5) is 0 Å². The van der Waals surface area contributed by atoms with E-state index in [0.29, 0.717) is 12.3 Å². The minimum atomic E-state index is 0.181. The predicted molar refractivity (Wildman–Crippen MR) is 54.9 cm³/mol. The lowest BCUT2D eigenvalue weighted by Crippen LogP contribution is -2.29. The van der Waals surface area contributed by atoms with Crippen molar-refractivity contribution in [2.24, 2.45) is 5.92 Å². The zero-order chi connectivity index (χ0) is 9.84. The summed E-state index contributed by atoms with van der Waals surface area (Å²) in [6.07, 6.45) is 2.71. The van der Waals surface area contributed by atoms with E-state index in [-0.39, 0.29) is 11.3 Å². The average Bonchev–Trinajstić information content (AvgIpc) is 2.51. The molecule has 0 aromatic carbocycles. The lowest BCUT2D eigenvalue weighted by atomic mass is 10.0. The molecule has 0 N–H and O–H groups in total. The first-order chi connectivity index (χ1) is 6.13. The molecule has 1 rings (SSSR count). The molecule has 0 radical (unpaired) electrons. The SMILES string of the molecule is CCC(C)CC(=O)N1CCC(Cl)C1. The molecule has 1 aliphatic rings. The summed E-state index contributed by atoms with van der Waals surface area (Å²) in [5.41, 5.74) is 0. The molecule has 1 amide bonds. The summed E-state index contributed by atoms with van der Waals surface area (Å²) in [5, 5.41) is 0.181. The zero-order valence-electron chi connectivity index (χ0n) is 8.42. The second-order valence-electron chi connectivity index (χ2n) is 3.94. The van der Waals surface area contributed by atoms with Gasteiger partial charge in [-0.3, -0.25) is 4.79 Å². The first kappa shape index (κ1) is 10.8. The van der Waals surface area contributed by atoms with Gasteiger partial charge in [-0.1, -0.05) is 20.3 Å². The van der Waals surface area contributed by atoms with Crippen LogP contribution in [0.5, 0.6) is 0 Å². The summed E-state index contributed by atoms with van der Waals surface area (Å²) < 4.78 is 0. The predicted octanol–water partition coefficient (Wildman–Crippen LogP) is 2.26. The van der Waals surface area contributed by atoms with Gasteiger partial charge in [0, 0.05) is 19.5 Å². The normalized spacial score (nSPS) is 24.8. The molecule has 2 atom stereocenters. The molecular weight excluding hydrogens is 186 g/mol. The quantitative estimate of drug-likeness (QED) is 0.645. The van der Waals surface area contributed by atoms with Crippen molar-refractivity contribution >= 4 is 17.5 Å². The second kappa shape index (κ2) is 4.85. The molecule has 0 aliphatic carbocycles. The number of carbonyl (C=O) groups excluding carboxylic acids is 1. The highest BCUT2D eigenvalue weighted by Crippen LogP contribution is 2.17. The van der Waals surface area contributed by atoms with Gasteiger partial charge in [-0.05, 0) is 12.3 Å². The molecular formula is C10H18ClNO. The summed E-state index contributed by atoms with van der Waals surface area (Å²) in [6.45, 7) is 5.83. The van der Waals surface area contributed by atoms with Gasteiger partial charge >= 0.3 is 0 Å². The van der Waals surface area contributed by atoms with Crippen LogP contribution in [0, 0.1) is 5.92 Å². The van der Waals surface area contributed by atoms with E-state index in [1.165, 1.54) is 0 Å². The first-order valence-corrected chi connectivity index (χ1v) is 5.49. The van der Waals surface area contributed by atoms with Crippen molar-refractivity contribution < 1.29 is 4.79 Å². The Kier molecular flexibility index (Phi) is 4.04. The molecule has 0 saturated carbocycles. The molecule has 1 saturated heterocycles. The summed E-state index contributed by atoms with van der Waals surface area (Å²) in [5.74, 6) is 0.777. The van der Waals surface area contributed by atoms with Crippen molar-refractivity contribution in [2.45, 2.75) is 38.5 Å². The van der Waals surface area contributed by atoms with Gasteiger partial charge in [0.2, 0.25) is 5.91 Å². The van der Waals surface area contributed by atoms with E-state index in [1.54, 1.807) is 0 Å². The van der Waals surface area contributed by atoms with Crippen LogP contribution in [0.2, 0.25) is 0 Å². The van der Waals surface area contributed by atoms with Crippen molar-refractivity contribution in [3.63, 3.8) is 0 Å². The van der Waals surface area contributed by atoms with Crippen molar-refractivity contribution in [2.75, 3.05) is 13.1 Å². The summed E-state index contributed by atoms with van der Waals surface area (Å²) in [7, 11) is 0. The molecule has 1 fully saturated rings.